The van der Waals surface area contributed by atoms with Crippen LogP contribution in [0.15, 0.2) is 11.6 Å². The molecule has 2 aliphatic carbocycles. The van der Waals surface area contributed by atoms with Crippen molar-refractivity contribution in [3.8, 4) is 0 Å². The van der Waals surface area contributed by atoms with Crippen LogP contribution in [0.1, 0.15) is 73.1 Å². The fourth-order valence-electron chi connectivity index (χ4n) is 4.35. The van der Waals surface area contributed by atoms with Crippen LogP contribution in [0.5, 0.6) is 0 Å². The Morgan fingerprint density at radius 1 is 1.35 bits per heavy atom. The first-order valence-corrected chi connectivity index (χ1v) is 10.6. The van der Waals surface area contributed by atoms with Crippen molar-refractivity contribution in [2.45, 2.75) is 77.9 Å². The number of carbonyl (C=O) groups excluding carboxylic acids is 1. The summed E-state index contributed by atoms with van der Waals surface area (Å²) in [7, 11) is -3.04. The van der Waals surface area contributed by atoms with E-state index in [1.54, 1.807) is 20.8 Å². The van der Waals surface area contributed by atoms with Crippen molar-refractivity contribution in [1.29, 1.82) is 0 Å². The monoisotopic (exact) mass is 340 g/mol. The molecular weight excluding hydrogens is 308 g/mol. The number of carbonyl (C=O) groups is 1. The van der Waals surface area contributed by atoms with Gasteiger partial charge in [0.2, 0.25) is 0 Å². The Hall–Kier alpha value is -0.640. The Balaban J connectivity index is 1.97. The van der Waals surface area contributed by atoms with Gasteiger partial charge >= 0.3 is 0 Å². The van der Waals surface area contributed by atoms with E-state index in [4.69, 9.17) is 0 Å². The molecule has 2 rings (SSSR count). The summed E-state index contributed by atoms with van der Waals surface area (Å²) in [5.41, 5.74) is 1.43. The van der Waals surface area contributed by atoms with Crippen LogP contribution < -0.4 is 0 Å². The Labute approximate surface area is 141 Å². The molecule has 0 aromatic heterocycles. The molecule has 2 aliphatic rings. The molecule has 0 bridgehead atoms. The van der Waals surface area contributed by atoms with Gasteiger partial charge in [-0.2, -0.15) is 0 Å². The maximum Gasteiger partial charge on any atom is 0.155 e. The largest absolute Gasteiger partial charge is 0.299 e. The molecule has 3 atom stereocenters. The molecule has 0 spiro atoms. The number of ketones is 1. The third kappa shape index (κ3) is 3.57. The average Bonchev–Trinajstić information content (AvgIpc) is 2.75. The van der Waals surface area contributed by atoms with Gasteiger partial charge in [-0.1, -0.05) is 25.5 Å². The molecule has 132 valence electrons. The second-order valence-electron chi connectivity index (χ2n) is 8.66. The minimum Gasteiger partial charge on any atom is -0.299 e. The van der Waals surface area contributed by atoms with Crippen LogP contribution in [-0.2, 0) is 14.6 Å². The quantitative estimate of drug-likeness (QED) is 0.700. The maximum atomic E-state index is 12.2. The highest BCUT2D eigenvalue weighted by molar-refractivity contribution is 7.92. The molecule has 0 aliphatic heterocycles. The zero-order valence-corrected chi connectivity index (χ0v) is 16.1. The highest BCUT2D eigenvalue weighted by atomic mass is 32.2. The van der Waals surface area contributed by atoms with Gasteiger partial charge in [0.1, 0.15) is 5.78 Å². The van der Waals surface area contributed by atoms with E-state index in [9.17, 15) is 13.2 Å². The van der Waals surface area contributed by atoms with E-state index in [0.717, 1.165) is 32.1 Å². The van der Waals surface area contributed by atoms with Crippen molar-refractivity contribution in [2.24, 2.45) is 17.3 Å². The lowest BCUT2D eigenvalue weighted by Gasteiger charge is -2.40. The van der Waals surface area contributed by atoms with Gasteiger partial charge in [0.05, 0.1) is 10.5 Å². The SMILES string of the molecule is C[C@H](CCCS(=O)(=O)C(C)(C)C)C1=CC[C@H]2C(=O)CCC[C@]12C. The summed E-state index contributed by atoms with van der Waals surface area (Å²) in [4.78, 5) is 12.2. The normalized spacial score (nSPS) is 30.0. The number of hydrogen-bond donors (Lipinski definition) is 0. The van der Waals surface area contributed by atoms with E-state index in [-0.39, 0.29) is 17.1 Å². The molecule has 1 saturated carbocycles. The van der Waals surface area contributed by atoms with Crippen molar-refractivity contribution in [2.75, 3.05) is 5.75 Å². The van der Waals surface area contributed by atoms with Crippen molar-refractivity contribution < 1.29 is 13.2 Å². The number of allylic oxidation sites excluding steroid dienone is 2. The van der Waals surface area contributed by atoms with Crippen molar-refractivity contribution in [3.05, 3.63) is 11.6 Å². The number of hydrogen-bond acceptors (Lipinski definition) is 3. The molecule has 0 radical (unpaired) electrons. The smallest absolute Gasteiger partial charge is 0.155 e. The average molecular weight is 341 g/mol. The Kier molecular flexibility index (Phi) is 5.16. The van der Waals surface area contributed by atoms with Gasteiger partial charge < -0.3 is 0 Å². The first-order valence-electron chi connectivity index (χ1n) is 8.94. The summed E-state index contributed by atoms with van der Waals surface area (Å²) in [6.45, 7) is 9.75. The second-order valence-corrected chi connectivity index (χ2v) is 11.5. The predicted octanol–water partition coefficient (Wildman–Crippen LogP) is 4.32. The van der Waals surface area contributed by atoms with Gasteiger partial charge in [-0.3, -0.25) is 4.79 Å². The van der Waals surface area contributed by atoms with E-state index in [2.05, 4.69) is 19.9 Å². The van der Waals surface area contributed by atoms with Crippen molar-refractivity contribution in [3.63, 3.8) is 0 Å². The zero-order chi connectivity index (χ0) is 17.5. The van der Waals surface area contributed by atoms with Gasteiger partial charge in [0.15, 0.2) is 9.84 Å². The van der Waals surface area contributed by atoms with Gasteiger partial charge in [-0.25, -0.2) is 8.42 Å². The lowest BCUT2D eigenvalue weighted by molar-refractivity contribution is -0.128. The molecule has 3 nitrogen and oxygen atoms in total. The molecule has 1 fully saturated rings. The molecule has 0 saturated heterocycles. The molecular formula is C19H32O3S. The number of sulfone groups is 1. The summed E-state index contributed by atoms with van der Waals surface area (Å²) in [5, 5.41) is 0. The van der Waals surface area contributed by atoms with Gasteiger partial charge in [0.25, 0.3) is 0 Å². The molecule has 0 N–H and O–H groups in total. The fourth-order valence-corrected chi connectivity index (χ4v) is 5.51. The lowest BCUT2D eigenvalue weighted by atomic mass is 9.63. The third-order valence-corrected chi connectivity index (χ3v) is 8.72. The van der Waals surface area contributed by atoms with Crippen LogP contribution in [0.3, 0.4) is 0 Å². The summed E-state index contributed by atoms with van der Waals surface area (Å²) in [6, 6.07) is 0. The first-order chi connectivity index (χ1) is 10.5. The third-order valence-electron chi connectivity index (χ3n) is 6.02. The van der Waals surface area contributed by atoms with Gasteiger partial charge in [-0.15, -0.1) is 0 Å². The number of Topliss-reactive ketones (excluding diaryl/α,β-unsaturated/α-hetero) is 1. The van der Waals surface area contributed by atoms with Crippen LogP contribution >= 0.6 is 0 Å². The Morgan fingerprint density at radius 2 is 2.00 bits per heavy atom. The Morgan fingerprint density at radius 3 is 2.61 bits per heavy atom. The second kappa shape index (κ2) is 6.34. The summed E-state index contributed by atoms with van der Waals surface area (Å²) in [5.74, 6) is 1.22. The van der Waals surface area contributed by atoms with Crippen LogP contribution in [0.25, 0.3) is 0 Å². The predicted molar refractivity (Wildman–Crippen MR) is 95.1 cm³/mol. The van der Waals surface area contributed by atoms with E-state index in [1.807, 2.05) is 0 Å². The first kappa shape index (κ1) is 18.7. The highest BCUT2D eigenvalue weighted by Crippen LogP contribution is 2.53. The summed E-state index contributed by atoms with van der Waals surface area (Å²) >= 11 is 0. The summed E-state index contributed by atoms with van der Waals surface area (Å²) in [6.07, 6.45) is 7.57. The molecule has 4 heteroatoms. The maximum absolute atomic E-state index is 12.2. The van der Waals surface area contributed by atoms with E-state index < -0.39 is 14.6 Å². The van der Waals surface area contributed by atoms with Gasteiger partial charge in [-0.05, 0) is 64.2 Å². The standard InChI is InChI=1S/C19H32O3S/c1-14(8-7-13-23(21,22)18(2,3)4)15-10-11-16-17(20)9-6-12-19(15,16)5/h10,14,16H,6-9,11-13H2,1-5H3/t14-,16+,19-/m1/s1. The van der Waals surface area contributed by atoms with Gasteiger partial charge in [0, 0.05) is 12.3 Å². The molecule has 0 heterocycles. The highest BCUT2D eigenvalue weighted by Gasteiger charge is 2.47. The van der Waals surface area contributed by atoms with Crippen molar-refractivity contribution >= 4 is 15.6 Å². The molecule has 0 amide bonds. The van der Waals surface area contributed by atoms with Crippen LogP contribution in [0, 0.1) is 17.3 Å². The van der Waals surface area contributed by atoms with Crippen LogP contribution in [0.2, 0.25) is 0 Å². The number of fused-ring (bicyclic) bond motifs is 1. The van der Waals surface area contributed by atoms with Crippen molar-refractivity contribution in [1.82, 2.24) is 0 Å². The lowest BCUT2D eigenvalue weighted by Crippen LogP contribution is -2.36. The minimum atomic E-state index is -3.04. The van der Waals surface area contributed by atoms with Crippen LogP contribution in [-0.4, -0.2) is 24.7 Å². The summed E-state index contributed by atoms with van der Waals surface area (Å²) < 4.78 is 23.8. The zero-order valence-electron chi connectivity index (χ0n) is 15.3. The van der Waals surface area contributed by atoms with E-state index in [0.29, 0.717) is 18.1 Å². The van der Waals surface area contributed by atoms with E-state index >= 15 is 0 Å². The van der Waals surface area contributed by atoms with E-state index in [1.165, 1.54) is 5.57 Å². The van der Waals surface area contributed by atoms with Crippen LogP contribution in [0.4, 0.5) is 0 Å². The molecule has 0 aromatic rings. The molecule has 23 heavy (non-hydrogen) atoms. The number of rotatable bonds is 5. The fraction of sp³-hybridized carbons (Fsp3) is 0.842. The topological polar surface area (TPSA) is 51.2 Å². The molecule has 0 aromatic carbocycles. The molecule has 0 unspecified atom stereocenters. The minimum absolute atomic E-state index is 0.0254. The Bertz CT molecular complexity index is 595.